The Labute approximate surface area is 240 Å². The van der Waals surface area contributed by atoms with E-state index in [0.29, 0.717) is 5.75 Å². The first kappa shape index (κ1) is 26.1. The maximum Gasteiger partial charge on any atom is 0.163 e. The molecule has 0 aliphatic heterocycles. The van der Waals surface area contributed by atoms with Crippen molar-refractivity contribution < 1.29 is 9.47 Å². The van der Waals surface area contributed by atoms with E-state index in [1.54, 1.807) is 14.2 Å². The van der Waals surface area contributed by atoms with Crippen LogP contribution in [0.25, 0.3) is 22.3 Å². The quantitative estimate of drug-likeness (QED) is 0.179. The van der Waals surface area contributed by atoms with Crippen molar-refractivity contribution in [1.82, 2.24) is 0 Å². The summed E-state index contributed by atoms with van der Waals surface area (Å²) in [5, 5.41) is 0. The number of nitrogens with zero attached hydrogens (tertiary/aromatic N) is 1. The van der Waals surface area contributed by atoms with Gasteiger partial charge in [0.2, 0.25) is 0 Å². The third-order valence-corrected chi connectivity index (χ3v) is 7.57. The van der Waals surface area contributed by atoms with Crippen LogP contribution >= 0.6 is 31.9 Å². The average Bonchev–Trinajstić information content (AvgIpc) is 2.94. The molecule has 5 aromatic rings. The molecular weight excluding hydrogens is 602 g/mol. The minimum Gasteiger partial charge on any atom is -0.493 e. The van der Waals surface area contributed by atoms with Crippen molar-refractivity contribution in [3.8, 4) is 33.8 Å². The van der Waals surface area contributed by atoms with Gasteiger partial charge in [0, 0.05) is 26.4 Å². The number of anilines is 3. The molecule has 0 bridgehead atoms. The van der Waals surface area contributed by atoms with E-state index in [9.17, 15) is 0 Å². The van der Waals surface area contributed by atoms with Crippen molar-refractivity contribution in [3.63, 3.8) is 0 Å². The molecule has 0 spiro atoms. The van der Waals surface area contributed by atoms with E-state index in [0.717, 1.165) is 48.4 Å². The van der Waals surface area contributed by atoms with E-state index < -0.39 is 0 Å². The van der Waals surface area contributed by atoms with Gasteiger partial charge in [0.1, 0.15) is 0 Å². The molecule has 0 radical (unpaired) electrons. The lowest BCUT2D eigenvalue weighted by Gasteiger charge is -2.27. The Kier molecular flexibility index (Phi) is 7.87. The van der Waals surface area contributed by atoms with Crippen LogP contribution in [0.1, 0.15) is 5.56 Å². The molecular formula is C33H27Br2NO2. The number of benzene rings is 5. The number of aryl methyl sites for hydroxylation is 1. The summed E-state index contributed by atoms with van der Waals surface area (Å²) in [7, 11) is 3.34. The highest BCUT2D eigenvalue weighted by atomic mass is 79.9. The lowest BCUT2D eigenvalue weighted by molar-refractivity contribution is 0.353. The van der Waals surface area contributed by atoms with Crippen molar-refractivity contribution in [2.75, 3.05) is 19.1 Å². The van der Waals surface area contributed by atoms with Crippen LogP contribution in [0.3, 0.4) is 0 Å². The van der Waals surface area contributed by atoms with E-state index >= 15 is 0 Å². The zero-order chi connectivity index (χ0) is 26.6. The molecule has 0 aliphatic carbocycles. The fourth-order valence-corrected chi connectivity index (χ4v) is 5.13. The Hall–Kier alpha value is -3.54. The van der Waals surface area contributed by atoms with E-state index in [4.69, 9.17) is 9.47 Å². The van der Waals surface area contributed by atoms with Crippen LogP contribution in [0, 0.1) is 6.92 Å². The van der Waals surface area contributed by atoms with Crippen LogP contribution in [0.4, 0.5) is 17.1 Å². The molecule has 5 rings (SSSR count). The monoisotopic (exact) mass is 627 g/mol. The molecule has 0 fully saturated rings. The Morgan fingerprint density at radius 2 is 0.895 bits per heavy atom. The molecule has 0 unspecified atom stereocenters. The van der Waals surface area contributed by atoms with Crippen molar-refractivity contribution in [3.05, 3.63) is 124 Å². The van der Waals surface area contributed by atoms with Gasteiger partial charge < -0.3 is 14.4 Å². The van der Waals surface area contributed by atoms with E-state index in [1.165, 1.54) is 11.1 Å². The standard InChI is InChI=1S/C33H27Br2NO2/c1-22-20-31(21-32(37-2)33(22)38-3)36(29-16-8-25(9-17-29)23-4-12-27(34)13-5-23)30-18-10-26(11-19-30)24-6-14-28(35)15-7-24/h4-21H,1-3H3. The Morgan fingerprint density at radius 3 is 1.26 bits per heavy atom. The lowest BCUT2D eigenvalue weighted by atomic mass is 10.0. The summed E-state index contributed by atoms with van der Waals surface area (Å²) in [6.07, 6.45) is 0. The molecule has 5 aromatic carbocycles. The predicted octanol–water partition coefficient (Wildman–Crippen LogP) is 10.3. The largest absolute Gasteiger partial charge is 0.493 e. The maximum atomic E-state index is 5.69. The zero-order valence-corrected chi connectivity index (χ0v) is 24.6. The number of hydrogen-bond acceptors (Lipinski definition) is 3. The predicted molar refractivity (Wildman–Crippen MR) is 165 cm³/mol. The average molecular weight is 629 g/mol. The fraction of sp³-hybridized carbons (Fsp3) is 0.0909. The summed E-state index contributed by atoms with van der Waals surface area (Å²) in [6.45, 7) is 2.04. The molecule has 5 heteroatoms. The second kappa shape index (κ2) is 11.5. The van der Waals surface area contributed by atoms with Gasteiger partial charge in [-0.3, -0.25) is 0 Å². The summed E-state index contributed by atoms with van der Waals surface area (Å²) < 4.78 is 13.4. The van der Waals surface area contributed by atoms with Crippen LogP contribution < -0.4 is 14.4 Å². The van der Waals surface area contributed by atoms with E-state index in [-0.39, 0.29) is 0 Å². The van der Waals surface area contributed by atoms with Gasteiger partial charge in [-0.1, -0.05) is 80.4 Å². The number of ether oxygens (including phenoxy) is 2. The number of hydrogen-bond donors (Lipinski definition) is 0. The Bertz CT molecular complexity index is 1440. The summed E-state index contributed by atoms with van der Waals surface area (Å²) in [6, 6.07) is 38.2. The molecule has 0 atom stereocenters. The van der Waals surface area contributed by atoms with Gasteiger partial charge in [-0.2, -0.15) is 0 Å². The van der Waals surface area contributed by atoms with Gasteiger partial charge in [0.05, 0.1) is 19.9 Å². The highest BCUT2D eigenvalue weighted by Gasteiger charge is 2.18. The van der Waals surface area contributed by atoms with Crippen LogP contribution in [-0.2, 0) is 0 Å². The second-order valence-corrected chi connectivity index (χ2v) is 10.8. The van der Waals surface area contributed by atoms with Crippen molar-refractivity contribution in [2.45, 2.75) is 6.92 Å². The molecule has 0 amide bonds. The van der Waals surface area contributed by atoms with E-state index in [1.807, 2.05) is 13.0 Å². The summed E-state index contributed by atoms with van der Waals surface area (Å²) in [5.41, 5.74) is 8.77. The van der Waals surface area contributed by atoms with Gasteiger partial charge in [0.15, 0.2) is 11.5 Å². The first-order valence-electron chi connectivity index (χ1n) is 12.2. The molecule has 3 nitrogen and oxygen atoms in total. The molecule has 0 heterocycles. The van der Waals surface area contributed by atoms with Crippen molar-refractivity contribution in [1.29, 1.82) is 0 Å². The third-order valence-electron chi connectivity index (χ3n) is 6.51. The molecule has 190 valence electrons. The zero-order valence-electron chi connectivity index (χ0n) is 21.4. The Balaban J connectivity index is 1.58. The molecule has 0 saturated carbocycles. The SMILES string of the molecule is COc1cc(N(c2ccc(-c3ccc(Br)cc3)cc2)c2ccc(-c3ccc(Br)cc3)cc2)cc(C)c1OC. The first-order valence-corrected chi connectivity index (χ1v) is 13.8. The lowest BCUT2D eigenvalue weighted by Crippen LogP contribution is -2.11. The summed E-state index contributed by atoms with van der Waals surface area (Å²) >= 11 is 7.05. The van der Waals surface area contributed by atoms with Gasteiger partial charge >= 0.3 is 0 Å². The van der Waals surface area contributed by atoms with Gasteiger partial charge in [-0.05, 0) is 89.3 Å². The van der Waals surface area contributed by atoms with E-state index in [2.05, 4.69) is 140 Å². The minimum atomic E-state index is 0.700. The number of rotatable bonds is 7. The Morgan fingerprint density at radius 1 is 0.500 bits per heavy atom. The van der Waals surface area contributed by atoms with Gasteiger partial charge in [-0.25, -0.2) is 0 Å². The highest BCUT2D eigenvalue weighted by molar-refractivity contribution is 9.10. The van der Waals surface area contributed by atoms with Crippen molar-refractivity contribution in [2.24, 2.45) is 0 Å². The second-order valence-electron chi connectivity index (χ2n) is 8.94. The topological polar surface area (TPSA) is 21.7 Å². The fourth-order valence-electron chi connectivity index (χ4n) is 4.60. The van der Waals surface area contributed by atoms with Crippen LogP contribution in [0.15, 0.2) is 118 Å². The third kappa shape index (κ3) is 5.50. The van der Waals surface area contributed by atoms with Crippen molar-refractivity contribution >= 4 is 48.9 Å². The minimum absolute atomic E-state index is 0.700. The first-order chi connectivity index (χ1) is 18.5. The smallest absolute Gasteiger partial charge is 0.163 e. The normalized spacial score (nSPS) is 10.8. The van der Waals surface area contributed by atoms with Crippen LogP contribution in [0.2, 0.25) is 0 Å². The van der Waals surface area contributed by atoms with Crippen LogP contribution in [-0.4, -0.2) is 14.2 Å². The van der Waals surface area contributed by atoms with Gasteiger partial charge in [-0.15, -0.1) is 0 Å². The number of halogens is 2. The summed E-state index contributed by atoms with van der Waals surface area (Å²) in [5.74, 6) is 1.44. The molecule has 0 aromatic heterocycles. The van der Waals surface area contributed by atoms with Gasteiger partial charge in [0.25, 0.3) is 0 Å². The number of methoxy groups -OCH3 is 2. The molecule has 38 heavy (non-hydrogen) atoms. The molecule has 0 saturated heterocycles. The molecule has 0 N–H and O–H groups in total. The molecule has 0 aliphatic rings. The summed E-state index contributed by atoms with van der Waals surface area (Å²) in [4.78, 5) is 2.24. The highest BCUT2D eigenvalue weighted by Crippen LogP contribution is 2.42. The van der Waals surface area contributed by atoms with Crippen LogP contribution in [0.5, 0.6) is 11.5 Å². The maximum absolute atomic E-state index is 5.69.